The van der Waals surface area contributed by atoms with Gasteiger partial charge in [-0.05, 0) is 76.1 Å². The number of benzene rings is 3. The van der Waals surface area contributed by atoms with Gasteiger partial charge in [-0.1, -0.05) is 73.6 Å². The van der Waals surface area contributed by atoms with Gasteiger partial charge in [-0.25, -0.2) is 4.98 Å². The molecular formula is C50H65N3O10. The number of amides is 1. The van der Waals surface area contributed by atoms with E-state index >= 15 is 4.79 Å². The summed E-state index contributed by atoms with van der Waals surface area (Å²) in [5.41, 5.74) is 0.733. The Kier molecular flexibility index (Phi) is 16.2. The average Bonchev–Trinajstić information content (AvgIpc) is 3.53. The van der Waals surface area contributed by atoms with Gasteiger partial charge in [0.25, 0.3) is 11.7 Å². The van der Waals surface area contributed by atoms with Crippen LogP contribution < -0.4 is 30.3 Å². The Hall–Kier alpha value is -5.69. The summed E-state index contributed by atoms with van der Waals surface area (Å²) in [5, 5.41) is 6.26. The summed E-state index contributed by atoms with van der Waals surface area (Å²) in [5.74, 6) is -2.73. The normalized spacial score (nSPS) is 25.1. The largest absolute Gasteiger partial charge is 0.492 e. The number of allylic oxidation sites excluding steroid dienone is 4. The fourth-order valence-corrected chi connectivity index (χ4v) is 8.25. The maximum absolute atomic E-state index is 15.3. The van der Waals surface area contributed by atoms with E-state index < -0.39 is 41.1 Å². The number of nitrogens with zero attached hydrogens (tertiary/aromatic N) is 1. The van der Waals surface area contributed by atoms with Crippen molar-refractivity contribution in [2.45, 2.75) is 127 Å². The molecule has 340 valence electrons. The molecule has 2 aromatic carbocycles. The molecule has 1 aliphatic carbocycles. The van der Waals surface area contributed by atoms with Crippen molar-refractivity contribution in [3.05, 3.63) is 75.7 Å². The van der Waals surface area contributed by atoms with E-state index in [4.69, 9.17) is 33.1 Å². The highest BCUT2D eigenvalue weighted by Crippen LogP contribution is 2.51. The molecule has 6 atom stereocenters. The van der Waals surface area contributed by atoms with Gasteiger partial charge in [-0.15, -0.1) is 0 Å². The highest BCUT2D eigenvalue weighted by atomic mass is 16.7. The van der Waals surface area contributed by atoms with Crippen LogP contribution in [-0.4, -0.2) is 60.3 Å². The number of hydrogen-bond donors (Lipinski definition) is 2. The number of aromatic nitrogens is 1. The van der Waals surface area contributed by atoms with Gasteiger partial charge in [0.15, 0.2) is 11.3 Å². The number of anilines is 1. The van der Waals surface area contributed by atoms with Gasteiger partial charge in [-0.3, -0.25) is 19.2 Å². The van der Waals surface area contributed by atoms with Crippen LogP contribution in [0.4, 0.5) is 5.69 Å². The third-order valence-corrected chi connectivity index (χ3v) is 11.2. The van der Waals surface area contributed by atoms with Crippen molar-refractivity contribution in [3.63, 3.8) is 0 Å². The SMILES string of the molecule is CC.CC.CCCNCCOc1ccc2nc3c4c5c6c(C)c7c4c(=O)c(c-3oc2c1)NC(=O)/C(C)=C\C=C\C(C)C[C@@H](C)CC(O7)C(OC(C)=O)[C@H](C)C/C=C/O[C@@](C)(O6)C5=O. The molecule has 5 aliphatic rings. The number of hydrogen-bond acceptors (Lipinski definition) is 12. The zero-order chi connectivity index (χ0) is 46.2. The van der Waals surface area contributed by atoms with Crippen molar-refractivity contribution < 1.29 is 42.5 Å². The van der Waals surface area contributed by atoms with E-state index in [1.807, 2.05) is 46.8 Å². The van der Waals surface area contributed by atoms with Crippen molar-refractivity contribution in [3.8, 4) is 28.7 Å². The van der Waals surface area contributed by atoms with E-state index in [9.17, 15) is 14.4 Å². The third kappa shape index (κ3) is 10.2. The number of rotatable bonds is 7. The van der Waals surface area contributed by atoms with E-state index in [1.165, 1.54) is 20.1 Å². The zero-order valence-electron chi connectivity index (χ0n) is 39.0. The number of ketones is 1. The first-order chi connectivity index (χ1) is 30.2. The molecule has 13 heteroatoms. The summed E-state index contributed by atoms with van der Waals surface area (Å²) in [6, 6.07) is 5.18. The molecule has 13 nitrogen and oxygen atoms in total. The van der Waals surface area contributed by atoms with Crippen LogP contribution in [0.3, 0.4) is 0 Å². The van der Waals surface area contributed by atoms with Gasteiger partial charge in [0.05, 0.1) is 17.2 Å². The van der Waals surface area contributed by atoms with Crippen molar-refractivity contribution in [2.75, 3.05) is 25.0 Å². The second-order valence-electron chi connectivity index (χ2n) is 16.3. The van der Waals surface area contributed by atoms with Crippen molar-refractivity contribution >= 4 is 45.2 Å². The second-order valence-corrected chi connectivity index (χ2v) is 16.3. The lowest BCUT2D eigenvalue weighted by molar-refractivity contribution is -0.155. The number of carbonyl (C=O) groups excluding carboxylic acids is 3. The van der Waals surface area contributed by atoms with Crippen LogP contribution in [0, 0.1) is 24.7 Å². The van der Waals surface area contributed by atoms with Crippen LogP contribution in [0.1, 0.15) is 118 Å². The van der Waals surface area contributed by atoms with Gasteiger partial charge >= 0.3 is 11.8 Å². The summed E-state index contributed by atoms with van der Waals surface area (Å²) < 4.78 is 38.2. The van der Waals surface area contributed by atoms with E-state index in [0.717, 1.165) is 19.4 Å². The molecule has 4 heterocycles. The summed E-state index contributed by atoms with van der Waals surface area (Å²) in [6.07, 6.45) is 9.88. The molecule has 0 radical (unpaired) electrons. The maximum atomic E-state index is 15.3. The minimum Gasteiger partial charge on any atom is -0.492 e. The van der Waals surface area contributed by atoms with Gasteiger partial charge in [0.2, 0.25) is 5.43 Å². The average molecular weight is 868 g/mol. The molecule has 3 unspecified atom stereocenters. The lowest BCUT2D eigenvalue weighted by Crippen LogP contribution is -2.41. The fraction of sp³-hybridized carbons (Fsp3) is 0.500. The second kappa shape index (κ2) is 21.1. The van der Waals surface area contributed by atoms with Crippen LogP contribution in [0.25, 0.3) is 33.3 Å². The molecule has 0 saturated heterocycles. The minimum atomic E-state index is -1.82. The summed E-state index contributed by atoms with van der Waals surface area (Å²) >= 11 is 0. The van der Waals surface area contributed by atoms with Crippen LogP contribution in [0.2, 0.25) is 0 Å². The highest BCUT2D eigenvalue weighted by molar-refractivity contribution is 6.22. The van der Waals surface area contributed by atoms with Gasteiger partial charge in [-0.2, -0.15) is 0 Å². The molecule has 1 amide bonds. The Morgan fingerprint density at radius 2 is 1.76 bits per heavy atom. The Morgan fingerprint density at radius 3 is 2.48 bits per heavy atom. The highest BCUT2D eigenvalue weighted by Gasteiger charge is 2.50. The molecule has 6 bridgehead atoms. The smallest absolute Gasteiger partial charge is 0.312 e. The topological polar surface area (TPSA) is 165 Å². The first-order valence-electron chi connectivity index (χ1n) is 22.5. The lowest BCUT2D eigenvalue weighted by atomic mass is 9.86. The Morgan fingerprint density at radius 1 is 1.02 bits per heavy atom. The maximum Gasteiger partial charge on any atom is 0.312 e. The van der Waals surface area contributed by atoms with Gasteiger partial charge in [0, 0.05) is 48.9 Å². The summed E-state index contributed by atoms with van der Waals surface area (Å²) in [6.45, 7) is 24.4. The van der Waals surface area contributed by atoms with Crippen LogP contribution >= 0.6 is 0 Å². The van der Waals surface area contributed by atoms with Gasteiger partial charge in [0.1, 0.15) is 53.0 Å². The van der Waals surface area contributed by atoms with Crippen LogP contribution in [0.15, 0.2) is 63.6 Å². The monoisotopic (exact) mass is 867 g/mol. The molecule has 2 aromatic rings. The summed E-state index contributed by atoms with van der Waals surface area (Å²) in [7, 11) is 0. The molecule has 63 heavy (non-hydrogen) atoms. The van der Waals surface area contributed by atoms with Crippen LogP contribution in [-0.2, 0) is 19.1 Å². The van der Waals surface area contributed by atoms with E-state index in [1.54, 1.807) is 44.2 Å². The van der Waals surface area contributed by atoms with Crippen molar-refractivity contribution in [1.82, 2.24) is 10.3 Å². The number of nitrogens with one attached hydrogen (secondary N) is 2. The lowest BCUT2D eigenvalue weighted by Gasteiger charge is -2.34. The standard InChI is InChI=1S/C46H53N3O10.2C2H6/c1-9-17-47-18-20-54-30-15-16-31-32(23-30)57-43-37(48-31)34-35-39(51)38(43)49-45(53)27(5)13-10-12-24(2)21-25(3)22-33-40(56-29(7)50)26(4)14-11-19-55-46(8)44(52)36(34)42(59-46)28(6)41(35)58-33;2*1-2/h10-13,15-16,19,23-26,33,40,47H,9,14,17-18,20-22H2,1-8H3,(H,49,53);2*1-2H3/b12-10+,19-11+,27-13-;;/t24?,25-,26-,33?,40?,46+;;/m1../s1. The predicted molar refractivity (Wildman–Crippen MR) is 247 cm³/mol. The molecule has 0 fully saturated rings. The number of ether oxygens (including phenoxy) is 5. The first kappa shape index (κ1) is 48.3. The molecule has 0 saturated carbocycles. The van der Waals surface area contributed by atoms with Crippen LogP contribution in [0.5, 0.6) is 17.2 Å². The molecule has 2 N–H and O–H groups in total. The first-order valence-corrected chi connectivity index (χ1v) is 22.5. The molecule has 7 rings (SSSR count). The van der Waals surface area contributed by atoms with E-state index in [2.05, 4.69) is 31.4 Å². The molecular weight excluding hydrogens is 803 g/mol. The summed E-state index contributed by atoms with van der Waals surface area (Å²) in [4.78, 5) is 61.8. The Bertz CT molecular complexity index is 2430. The zero-order valence-corrected chi connectivity index (χ0v) is 39.0. The minimum absolute atomic E-state index is 0.00620. The van der Waals surface area contributed by atoms with E-state index in [0.29, 0.717) is 48.4 Å². The number of fused-ring (bicyclic) bond motifs is 8. The molecule has 4 aliphatic heterocycles. The van der Waals surface area contributed by atoms with Crippen molar-refractivity contribution in [2.24, 2.45) is 17.8 Å². The van der Waals surface area contributed by atoms with Crippen molar-refractivity contribution in [1.29, 1.82) is 0 Å². The quantitative estimate of drug-likeness (QED) is 0.0783. The predicted octanol–water partition coefficient (Wildman–Crippen LogP) is 10.2. The molecule has 0 aromatic heterocycles. The number of esters is 1. The number of Topliss-reactive ketones (excluding diaryl/α,β-unsaturated/α-hetero) is 1. The fourth-order valence-electron chi connectivity index (χ4n) is 8.25. The number of carbonyl (C=O) groups is 3. The van der Waals surface area contributed by atoms with Gasteiger partial charge < -0.3 is 38.7 Å². The third-order valence-electron chi connectivity index (χ3n) is 11.2. The molecule has 0 spiro atoms. The Labute approximate surface area is 371 Å². The van der Waals surface area contributed by atoms with E-state index in [-0.39, 0.29) is 68.3 Å². The Balaban J connectivity index is 0.00000182.